The lowest BCUT2D eigenvalue weighted by atomic mass is 9.79. The molecule has 1 aliphatic carbocycles. The van der Waals surface area contributed by atoms with Crippen molar-refractivity contribution in [2.45, 2.75) is 69.1 Å². The monoisotopic (exact) mass is 831 g/mol. The topological polar surface area (TPSA) is 169 Å². The highest BCUT2D eigenvalue weighted by molar-refractivity contribution is 7.86. The second-order valence-corrected chi connectivity index (χ2v) is 20.6. The van der Waals surface area contributed by atoms with Gasteiger partial charge in [0.05, 0.1) is 21.8 Å². The van der Waals surface area contributed by atoms with E-state index in [2.05, 4.69) is 91.8 Å². The molecular weight excluding hydrogens is 785 g/mol. The van der Waals surface area contributed by atoms with Crippen molar-refractivity contribution >= 4 is 69.0 Å². The molecule has 0 unspecified atom stereocenters. The fourth-order valence-corrected chi connectivity index (χ4v) is 10.4. The normalized spacial score (nSPS) is 19.4. The van der Waals surface area contributed by atoms with E-state index in [-0.39, 0.29) is 23.5 Å². The van der Waals surface area contributed by atoms with Gasteiger partial charge in [-0.15, -0.1) is 0 Å². The maximum Gasteiger partial charge on any atom is 0.294 e. The van der Waals surface area contributed by atoms with Gasteiger partial charge in [-0.05, 0) is 102 Å². The molecule has 0 atom stereocenters. The van der Waals surface area contributed by atoms with Crippen molar-refractivity contribution in [3.8, 4) is 0 Å². The van der Waals surface area contributed by atoms with Gasteiger partial charge < -0.3 is 4.90 Å². The Balaban J connectivity index is 1.23. The minimum atomic E-state index is -4.41. The lowest BCUT2D eigenvalue weighted by Crippen LogP contribution is -2.28. The summed E-state index contributed by atoms with van der Waals surface area (Å²) in [5, 5.41) is 3.71. The van der Waals surface area contributed by atoms with E-state index in [1.165, 1.54) is 17.7 Å². The van der Waals surface area contributed by atoms with Crippen molar-refractivity contribution in [3.63, 3.8) is 0 Å². The number of fused-ring (bicyclic) bond motifs is 6. The Labute approximate surface area is 334 Å². The Bertz CT molecular complexity index is 2830. The molecule has 0 spiro atoms. The quantitative estimate of drug-likeness (QED) is 0.0938. The molecule has 7 rings (SSSR count). The number of anilines is 1. The lowest BCUT2D eigenvalue weighted by Gasteiger charge is -2.27. The van der Waals surface area contributed by atoms with Crippen molar-refractivity contribution < 1.29 is 43.5 Å². The van der Waals surface area contributed by atoms with Crippen molar-refractivity contribution in [3.05, 3.63) is 125 Å². The molecule has 3 N–H and O–H groups in total. The molecule has 11 nitrogen and oxygen atoms in total. The third-order valence-electron chi connectivity index (χ3n) is 11.4. The highest BCUT2D eigenvalue weighted by Gasteiger charge is 2.45. The summed E-state index contributed by atoms with van der Waals surface area (Å²) < 4.78 is 101. The fraction of sp³-hybridized carbons (Fsp3) is 0.326. The molecule has 2 aliphatic heterocycles. The third kappa shape index (κ3) is 8.16. The van der Waals surface area contributed by atoms with E-state index in [0.29, 0.717) is 18.5 Å². The van der Waals surface area contributed by atoms with Gasteiger partial charge in [-0.1, -0.05) is 68.5 Å². The number of hydrogen-bond acceptors (Lipinski definition) is 7. The molecule has 300 valence electrons. The summed E-state index contributed by atoms with van der Waals surface area (Å²) in [6, 6.07) is 20.6. The number of nitrogens with zero attached hydrogens (tertiary/aromatic N) is 2. The van der Waals surface area contributed by atoms with Crippen LogP contribution in [-0.2, 0) is 41.2 Å². The van der Waals surface area contributed by atoms with E-state index >= 15 is 0 Å². The van der Waals surface area contributed by atoms with Crippen LogP contribution in [0.15, 0.2) is 119 Å². The molecule has 0 aromatic heterocycles. The number of rotatable bonds is 12. The van der Waals surface area contributed by atoms with Crippen LogP contribution in [-0.4, -0.2) is 73.8 Å². The maximum atomic E-state index is 11.9. The van der Waals surface area contributed by atoms with Crippen molar-refractivity contribution in [1.82, 2.24) is 0 Å². The second kappa shape index (κ2) is 14.7. The minimum absolute atomic E-state index is 0.179. The van der Waals surface area contributed by atoms with E-state index in [1.54, 1.807) is 12.1 Å². The molecule has 57 heavy (non-hydrogen) atoms. The van der Waals surface area contributed by atoms with Crippen molar-refractivity contribution in [2.24, 2.45) is 0 Å². The standard InChI is InChI=1S/C43H46N2O9S3/c1-42(2)38(44(23-7-25-55(46,47)48)36-19-15-31-9-5-6-10-34(31)40(36)42)21-13-29-11-12-30(27-29)14-22-39-43(3,4)41-35-18-17-33(57(52,53)54)28-32(35)16-20-37(41)45(39)24-8-26-56(49,50)51/h5-6,9-10,13-22,27-28H,7-8,11-12,23-26H2,1-4H3,(H2-,46,47,48,49,50,51,52,53,54)/p+1. The van der Waals surface area contributed by atoms with Crippen molar-refractivity contribution in [1.29, 1.82) is 0 Å². The molecule has 0 bridgehead atoms. The van der Waals surface area contributed by atoms with Crippen LogP contribution >= 0.6 is 0 Å². The van der Waals surface area contributed by atoms with Gasteiger partial charge in [-0.2, -0.15) is 29.8 Å². The Morgan fingerprint density at radius 1 is 0.719 bits per heavy atom. The Morgan fingerprint density at radius 2 is 1.40 bits per heavy atom. The second-order valence-electron chi connectivity index (χ2n) is 16.1. The van der Waals surface area contributed by atoms with Crippen LogP contribution in [0.3, 0.4) is 0 Å². The van der Waals surface area contributed by atoms with Crippen LogP contribution in [0.2, 0.25) is 0 Å². The molecule has 3 aliphatic rings. The van der Waals surface area contributed by atoms with E-state index in [0.717, 1.165) is 68.5 Å². The van der Waals surface area contributed by atoms with Crippen LogP contribution < -0.4 is 4.90 Å². The summed E-state index contributed by atoms with van der Waals surface area (Å²) in [4.78, 5) is 1.86. The Kier molecular flexibility index (Phi) is 10.5. The van der Waals surface area contributed by atoms with Crippen LogP contribution in [0.5, 0.6) is 0 Å². The van der Waals surface area contributed by atoms with Gasteiger partial charge in [0, 0.05) is 47.5 Å². The maximum absolute atomic E-state index is 11.9. The van der Waals surface area contributed by atoms with Crippen molar-refractivity contribution in [2.75, 3.05) is 29.5 Å². The van der Waals surface area contributed by atoms with Crippen LogP contribution in [0.1, 0.15) is 64.5 Å². The van der Waals surface area contributed by atoms with Crippen LogP contribution in [0.25, 0.3) is 21.5 Å². The average molecular weight is 832 g/mol. The first-order valence-electron chi connectivity index (χ1n) is 18.8. The fourth-order valence-electron chi connectivity index (χ4n) is 8.87. The number of hydrogen-bond donors (Lipinski definition) is 3. The zero-order valence-corrected chi connectivity index (χ0v) is 34.8. The summed E-state index contributed by atoms with van der Waals surface area (Å²) in [5.41, 5.74) is 7.18. The van der Waals surface area contributed by atoms with Gasteiger partial charge >= 0.3 is 0 Å². The van der Waals surface area contributed by atoms with Crippen LogP contribution in [0, 0.1) is 0 Å². The molecule has 0 radical (unpaired) electrons. The first-order chi connectivity index (χ1) is 26.6. The molecule has 14 heteroatoms. The number of allylic oxidation sites excluding steroid dienone is 8. The zero-order chi connectivity index (χ0) is 41.1. The molecule has 4 aromatic rings. The molecular formula is C43H47N2O9S3+. The molecule has 2 heterocycles. The Morgan fingerprint density at radius 3 is 2.12 bits per heavy atom. The molecule has 0 saturated heterocycles. The average Bonchev–Trinajstić information content (AvgIpc) is 3.73. The first-order valence-corrected chi connectivity index (χ1v) is 23.5. The van der Waals surface area contributed by atoms with Crippen LogP contribution in [0.4, 0.5) is 11.4 Å². The largest absolute Gasteiger partial charge is 0.344 e. The van der Waals surface area contributed by atoms with Gasteiger partial charge in [-0.25, -0.2) is 0 Å². The highest BCUT2D eigenvalue weighted by atomic mass is 32.2. The van der Waals surface area contributed by atoms with Gasteiger partial charge in [0.2, 0.25) is 5.69 Å². The summed E-state index contributed by atoms with van der Waals surface area (Å²) in [5.74, 6) is -0.726. The van der Waals surface area contributed by atoms with E-state index in [4.69, 9.17) is 0 Å². The molecule has 0 saturated carbocycles. The SMILES string of the molecule is CC1(C)C(=C/C=C2/C=C(C=CC3=[N+](CCCS(=O)(=O)O)c4ccc5ccccc5c4C3(C)C)CC2)N(CCCS(=O)(=O)O)c2ccc3cc(S(=O)(=O)O)ccc3c21. The Hall–Kier alpha value is -4.44. The van der Waals surface area contributed by atoms with E-state index < -0.39 is 46.9 Å². The predicted octanol–water partition coefficient (Wildman–Crippen LogP) is 8.06. The van der Waals surface area contributed by atoms with E-state index in [1.807, 2.05) is 18.2 Å². The molecule has 0 amide bonds. The van der Waals surface area contributed by atoms with Gasteiger partial charge in [0.1, 0.15) is 6.54 Å². The predicted molar refractivity (Wildman–Crippen MR) is 226 cm³/mol. The smallest absolute Gasteiger partial charge is 0.294 e. The van der Waals surface area contributed by atoms with Gasteiger partial charge in [0.25, 0.3) is 30.4 Å². The molecule has 4 aromatic carbocycles. The zero-order valence-electron chi connectivity index (χ0n) is 32.3. The number of benzene rings is 4. The summed E-state index contributed by atoms with van der Waals surface area (Å²) in [6.45, 7) is 9.23. The molecule has 0 fully saturated rings. The lowest BCUT2D eigenvalue weighted by molar-refractivity contribution is -0.437. The summed E-state index contributed by atoms with van der Waals surface area (Å²) >= 11 is 0. The van der Waals surface area contributed by atoms with E-state index in [9.17, 15) is 38.9 Å². The highest BCUT2D eigenvalue weighted by Crippen LogP contribution is 2.51. The third-order valence-corrected chi connectivity index (χ3v) is 13.9. The van der Waals surface area contributed by atoms with Gasteiger partial charge in [0.15, 0.2) is 5.71 Å². The first kappa shape index (κ1) is 40.7. The van der Waals surface area contributed by atoms with Gasteiger partial charge in [-0.3, -0.25) is 13.7 Å². The minimum Gasteiger partial charge on any atom is -0.344 e. The summed E-state index contributed by atoms with van der Waals surface area (Å²) in [7, 11) is -12.7. The summed E-state index contributed by atoms with van der Waals surface area (Å²) in [6.07, 6.45) is 12.6.